The number of aliphatic hydroxyl groups excluding tert-OH is 1. The molecule has 200 valence electrons. The summed E-state index contributed by atoms with van der Waals surface area (Å²) in [4.78, 5) is 49.8. The monoisotopic (exact) mass is 532 g/mol. The highest BCUT2D eigenvalue weighted by Crippen LogP contribution is 2.11. The molecule has 0 aliphatic rings. The molecule has 2 aromatic rings. The van der Waals surface area contributed by atoms with E-state index in [4.69, 9.17) is 5.73 Å². The van der Waals surface area contributed by atoms with Gasteiger partial charge < -0.3 is 37.0 Å². The van der Waals surface area contributed by atoms with E-state index in [1.54, 1.807) is 42.5 Å². The van der Waals surface area contributed by atoms with Crippen LogP contribution < -0.4 is 21.7 Å². The van der Waals surface area contributed by atoms with E-state index in [2.05, 4.69) is 28.6 Å². The van der Waals surface area contributed by atoms with E-state index in [0.29, 0.717) is 11.1 Å². The van der Waals surface area contributed by atoms with Gasteiger partial charge in [0.15, 0.2) is 0 Å². The van der Waals surface area contributed by atoms with Gasteiger partial charge in [-0.1, -0.05) is 42.5 Å². The fourth-order valence-corrected chi connectivity index (χ4v) is 3.68. The van der Waals surface area contributed by atoms with Crippen LogP contribution in [-0.2, 0) is 32.0 Å². The van der Waals surface area contributed by atoms with Gasteiger partial charge in [0.1, 0.15) is 23.9 Å². The molecular formula is C25H32N4O7S. The SMILES string of the molecule is CC(O)C(NC(=O)C(CS)NC(=O)C(N)Cc1ccc(O)cc1)C(=O)NC(Cc1ccccc1)C(=O)O. The fraction of sp³-hybridized carbons (Fsp3) is 0.360. The Morgan fingerprint density at radius 2 is 1.41 bits per heavy atom. The molecule has 0 bridgehead atoms. The number of thiol groups is 1. The summed E-state index contributed by atoms with van der Waals surface area (Å²) in [7, 11) is 0. The van der Waals surface area contributed by atoms with Crippen LogP contribution in [0.1, 0.15) is 18.1 Å². The minimum atomic E-state index is -1.49. The van der Waals surface area contributed by atoms with Crippen molar-refractivity contribution in [2.45, 2.75) is 50.0 Å². The van der Waals surface area contributed by atoms with E-state index in [1.807, 2.05) is 0 Å². The normalized spacial score (nSPS) is 14.9. The third-order valence-electron chi connectivity index (χ3n) is 5.50. The van der Waals surface area contributed by atoms with E-state index < -0.39 is 54.0 Å². The average molecular weight is 533 g/mol. The lowest BCUT2D eigenvalue weighted by Crippen LogP contribution is -2.60. The summed E-state index contributed by atoms with van der Waals surface area (Å²) in [5.74, 6) is -3.70. The molecule has 0 radical (unpaired) electrons. The van der Waals surface area contributed by atoms with Crippen molar-refractivity contribution < 1.29 is 34.5 Å². The Balaban J connectivity index is 2.01. The zero-order valence-corrected chi connectivity index (χ0v) is 21.1. The van der Waals surface area contributed by atoms with Gasteiger partial charge in [0.05, 0.1) is 12.1 Å². The number of nitrogens with one attached hydrogen (secondary N) is 3. The lowest BCUT2D eigenvalue weighted by atomic mass is 10.0. The lowest BCUT2D eigenvalue weighted by molar-refractivity contribution is -0.143. The van der Waals surface area contributed by atoms with Gasteiger partial charge in [0.2, 0.25) is 17.7 Å². The smallest absolute Gasteiger partial charge is 0.326 e. The lowest BCUT2D eigenvalue weighted by Gasteiger charge is -2.26. The predicted molar refractivity (Wildman–Crippen MR) is 139 cm³/mol. The Hall–Kier alpha value is -3.61. The maximum atomic E-state index is 12.8. The number of carboxylic acids is 1. The number of nitrogens with two attached hydrogens (primary N) is 1. The molecule has 2 aromatic carbocycles. The molecule has 0 fully saturated rings. The molecule has 0 aliphatic heterocycles. The van der Waals surface area contributed by atoms with Gasteiger partial charge in [-0.15, -0.1) is 0 Å². The number of phenols is 1. The van der Waals surface area contributed by atoms with Crippen molar-refractivity contribution in [3.05, 3.63) is 65.7 Å². The average Bonchev–Trinajstić information content (AvgIpc) is 2.86. The largest absolute Gasteiger partial charge is 0.508 e. The van der Waals surface area contributed by atoms with E-state index in [-0.39, 0.29) is 24.3 Å². The third-order valence-corrected chi connectivity index (χ3v) is 5.87. The Morgan fingerprint density at radius 1 is 0.838 bits per heavy atom. The number of amides is 3. The van der Waals surface area contributed by atoms with Crippen LogP contribution in [0.15, 0.2) is 54.6 Å². The molecule has 0 saturated heterocycles. The van der Waals surface area contributed by atoms with E-state index in [1.165, 1.54) is 19.1 Å². The summed E-state index contributed by atoms with van der Waals surface area (Å²) in [5, 5.41) is 36.2. The molecular weight excluding hydrogens is 500 g/mol. The van der Waals surface area contributed by atoms with Crippen LogP contribution in [0.4, 0.5) is 0 Å². The van der Waals surface area contributed by atoms with Gasteiger partial charge in [-0.3, -0.25) is 14.4 Å². The number of benzene rings is 2. The third kappa shape index (κ3) is 9.41. The number of aliphatic carboxylic acids is 1. The molecule has 5 unspecified atom stereocenters. The zero-order valence-electron chi connectivity index (χ0n) is 20.2. The Kier molecular flexibility index (Phi) is 11.4. The molecule has 37 heavy (non-hydrogen) atoms. The molecule has 0 heterocycles. The van der Waals surface area contributed by atoms with Crippen molar-refractivity contribution in [1.82, 2.24) is 16.0 Å². The van der Waals surface area contributed by atoms with Gasteiger partial charge in [0.25, 0.3) is 0 Å². The second-order valence-electron chi connectivity index (χ2n) is 8.54. The van der Waals surface area contributed by atoms with Crippen LogP contribution in [0.3, 0.4) is 0 Å². The number of aromatic hydroxyl groups is 1. The topological polar surface area (TPSA) is 191 Å². The van der Waals surface area contributed by atoms with Crippen molar-refractivity contribution in [3.63, 3.8) is 0 Å². The van der Waals surface area contributed by atoms with Crippen molar-refractivity contribution in [1.29, 1.82) is 0 Å². The molecule has 0 aliphatic carbocycles. The zero-order chi connectivity index (χ0) is 27.5. The molecule has 8 N–H and O–H groups in total. The summed E-state index contributed by atoms with van der Waals surface area (Å²) in [6, 6.07) is 9.81. The van der Waals surface area contributed by atoms with Crippen LogP contribution in [0.2, 0.25) is 0 Å². The van der Waals surface area contributed by atoms with Crippen LogP contribution in [0, 0.1) is 0 Å². The van der Waals surface area contributed by atoms with Gasteiger partial charge in [0, 0.05) is 12.2 Å². The highest BCUT2D eigenvalue weighted by molar-refractivity contribution is 7.80. The number of carbonyl (C=O) groups is 4. The molecule has 0 spiro atoms. The van der Waals surface area contributed by atoms with E-state index >= 15 is 0 Å². The molecule has 12 heteroatoms. The van der Waals surface area contributed by atoms with Crippen molar-refractivity contribution in [3.8, 4) is 5.75 Å². The Labute approximate surface area is 219 Å². The van der Waals surface area contributed by atoms with Crippen LogP contribution in [0.5, 0.6) is 5.75 Å². The fourth-order valence-electron chi connectivity index (χ4n) is 3.42. The maximum absolute atomic E-state index is 12.8. The second-order valence-corrected chi connectivity index (χ2v) is 8.90. The first-order chi connectivity index (χ1) is 17.5. The van der Waals surface area contributed by atoms with Gasteiger partial charge >= 0.3 is 5.97 Å². The molecule has 0 aromatic heterocycles. The molecule has 3 amide bonds. The van der Waals surface area contributed by atoms with Gasteiger partial charge in [-0.25, -0.2) is 4.79 Å². The number of aliphatic hydroxyl groups is 1. The highest BCUT2D eigenvalue weighted by Gasteiger charge is 2.32. The number of rotatable bonds is 13. The maximum Gasteiger partial charge on any atom is 0.326 e. The van der Waals surface area contributed by atoms with Crippen molar-refractivity contribution in [2.24, 2.45) is 5.73 Å². The summed E-state index contributed by atoms with van der Waals surface area (Å²) >= 11 is 4.09. The van der Waals surface area contributed by atoms with Gasteiger partial charge in [-0.2, -0.15) is 12.6 Å². The molecule has 5 atom stereocenters. The first kappa shape index (κ1) is 29.6. The summed E-state index contributed by atoms with van der Waals surface area (Å²) in [6.45, 7) is 1.26. The number of hydrogen-bond acceptors (Lipinski definition) is 8. The van der Waals surface area contributed by atoms with Crippen LogP contribution >= 0.6 is 12.6 Å². The number of phenolic OH excluding ortho intramolecular Hbond substituents is 1. The predicted octanol–water partition coefficient (Wildman–Crippen LogP) is -0.646. The van der Waals surface area contributed by atoms with Gasteiger partial charge in [-0.05, 0) is 36.6 Å². The molecule has 2 rings (SSSR count). The van der Waals surface area contributed by atoms with Crippen molar-refractivity contribution in [2.75, 3.05) is 5.75 Å². The quantitative estimate of drug-likeness (QED) is 0.156. The van der Waals surface area contributed by atoms with Crippen LogP contribution in [-0.4, -0.2) is 75.0 Å². The minimum absolute atomic E-state index is 0.00334. The Bertz CT molecular complexity index is 1070. The Morgan fingerprint density at radius 3 is 1.95 bits per heavy atom. The molecule has 0 saturated carbocycles. The number of carboxylic acid groups (broad SMARTS) is 1. The standard InChI is InChI=1S/C25H32N4O7S/c1-14(30)21(24(34)27-19(25(35)36)12-15-5-3-2-4-6-15)29-23(33)20(13-37)28-22(32)18(26)11-16-7-9-17(31)10-8-16/h2-10,14,18-21,30-31,37H,11-13,26H2,1H3,(H,27,34)(H,28,32)(H,29,33)(H,35,36). The first-order valence-electron chi connectivity index (χ1n) is 11.5. The van der Waals surface area contributed by atoms with E-state index in [0.717, 1.165) is 0 Å². The molecule has 11 nitrogen and oxygen atoms in total. The second kappa shape index (κ2) is 14.2. The number of carbonyl (C=O) groups excluding carboxylic acids is 3. The van der Waals surface area contributed by atoms with Crippen LogP contribution in [0.25, 0.3) is 0 Å². The summed E-state index contributed by atoms with van der Waals surface area (Å²) < 4.78 is 0. The minimum Gasteiger partial charge on any atom is -0.508 e. The first-order valence-corrected chi connectivity index (χ1v) is 12.1. The highest BCUT2D eigenvalue weighted by atomic mass is 32.1. The number of hydrogen-bond donors (Lipinski definition) is 8. The summed E-state index contributed by atoms with van der Waals surface area (Å²) in [6.07, 6.45) is -1.23. The summed E-state index contributed by atoms with van der Waals surface area (Å²) in [5.41, 5.74) is 7.31. The van der Waals surface area contributed by atoms with Crippen molar-refractivity contribution >= 4 is 36.3 Å². The van der Waals surface area contributed by atoms with E-state index in [9.17, 15) is 34.5 Å².